The smallest absolute Gasteiger partial charge is 0.241 e. The van der Waals surface area contributed by atoms with Crippen LogP contribution < -0.4 is 19.5 Å². The molecule has 0 aliphatic carbocycles. The summed E-state index contributed by atoms with van der Waals surface area (Å²) in [6, 6.07) is 17.4. The quantitative estimate of drug-likeness (QED) is 0.514. The van der Waals surface area contributed by atoms with Gasteiger partial charge in [0.25, 0.3) is 0 Å². The number of amides is 1. The molecular formula is C26H28N2O5S. The van der Waals surface area contributed by atoms with Crippen molar-refractivity contribution in [1.82, 2.24) is 10.0 Å². The highest BCUT2D eigenvalue weighted by Gasteiger charge is 2.28. The van der Waals surface area contributed by atoms with Crippen LogP contribution >= 0.6 is 0 Å². The van der Waals surface area contributed by atoms with E-state index in [0.29, 0.717) is 22.6 Å². The van der Waals surface area contributed by atoms with E-state index in [1.54, 1.807) is 26.0 Å². The van der Waals surface area contributed by atoms with Crippen LogP contribution in [0.4, 0.5) is 0 Å². The van der Waals surface area contributed by atoms with E-state index in [0.717, 1.165) is 16.7 Å². The van der Waals surface area contributed by atoms with Gasteiger partial charge in [-0.25, -0.2) is 8.42 Å². The first kappa shape index (κ1) is 23.8. The van der Waals surface area contributed by atoms with Crippen LogP contribution in [0.3, 0.4) is 0 Å². The van der Waals surface area contributed by atoms with E-state index in [4.69, 9.17) is 9.47 Å². The lowest BCUT2D eigenvalue weighted by atomic mass is 10.1. The van der Waals surface area contributed by atoms with Crippen molar-refractivity contribution in [1.29, 1.82) is 0 Å². The van der Waals surface area contributed by atoms with Gasteiger partial charge in [-0.05, 0) is 61.6 Å². The van der Waals surface area contributed by atoms with Crippen LogP contribution in [-0.2, 0) is 27.8 Å². The fourth-order valence-corrected chi connectivity index (χ4v) is 5.89. The number of ether oxygens (including phenoxy) is 2. The molecule has 2 N–H and O–H groups in total. The Morgan fingerprint density at radius 2 is 1.59 bits per heavy atom. The van der Waals surface area contributed by atoms with Gasteiger partial charge < -0.3 is 14.8 Å². The summed E-state index contributed by atoms with van der Waals surface area (Å²) in [6.45, 7) is 5.85. The Hall–Kier alpha value is -3.36. The Morgan fingerprint density at radius 3 is 2.29 bits per heavy atom. The first-order valence-corrected chi connectivity index (χ1v) is 12.5. The summed E-state index contributed by atoms with van der Waals surface area (Å²) >= 11 is 0. The molecule has 1 heterocycles. The molecule has 0 spiro atoms. The molecule has 1 atom stereocenters. The zero-order valence-corrected chi connectivity index (χ0v) is 20.2. The van der Waals surface area contributed by atoms with Gasteiger partial charge in [0, 0.05) is 6.54 Å². The zero-order chi connectivity index (χ0) is 24.3. The fraction of sp³-hybridized carbons (Fsp3) is 0.269. The maximum Gasteiger partial charge on any atom is 0.241 e. The number of carbonyl (C=O) groups is 1. The summed E-state index contributed by atoms with van der Waals surface area (Å²) in [6.07, 6.45) is 0.219. The summed E-state index contributed by atoms with van der Waals surface area (Å²) in [7, 11) is -3.94. The highest BCUT2D eigenvalue weighted by atomic mass is 32.2. The first-order chi connectivity index (χ1) is 16.2. The van der Waals surface area contributed by atoms with Gasteiger partial charge in [0.1, 0.15) is 6.04 Å². The summed E-state index contributed by atoms with van der Waals surface area (Å²) in [4.78, 5) is 13.4. The minimum absolute atomic E-state index is 0.171. The molecule has 178 valence electrons. The fourth-order valence-electron chi connectivity index (χ4n) is 4.24. The summed E-state index contributed by atoms with van der Waals surface area (Å²) in [5.74, 6) is 0.875. The standard InChI is InChI=1S/C26H28N2O5S/c1-17-11-18(2)25(19(3)12-17)34(30,31)28-22(13-20-7-5-4-6-8-20)26(29)27-15-21-9-10-23-24(14-21)33-16-32-23/h4-12,14,22,28H,13,15-16H2,1-3H3,(H,27,29). The predicted molar refractivity (Wildman–Crippen MR) is 129 cm³/mol. The minimum atomic E-state index is -3.94. The maximum atomic E-state index is 13.4. The van der Waals surface area contributed by atoms with Crippen LogP contribution in [0.25, 0.3) is 0 Å². The highest BCUT2D eigenvalue weighted by Crippen LogP contribution is 2.32. The molecule has 4 rings (SSSR count). The van der Waals surface area contributed by atoms with Crippen molar-refractivity contribution in [2.24, 2.45) is 0 Å². The van der Waals surface area contributed by atoms with E-state index in [-0.39, 0.29) is 24.7 Å². The Bertz CT molecular complexity index is 1280. The monoisotopic (exact) mass is 480 g/mol. The molecule has 1 unspecified atom stereocenters. The van der Waals surface area contributed by atoms with Crippen molar-refractivity contribution < 1.29 is 22.7 Å². The van der Waals surface area contributed by atoms with Crippen molar-refractivity contribution in [3.8, 4) is 11.5 Å². The van der Waals surface area contributed by atoms with Gasteiger partial charge in [-0.1, -0.05) is 54.1 Å². The number of rotatable bonds is 8. The van der Waals surface area contributed by atoms with Crippen molar-refractivity contribution in [2.45, 2.75) is 44.7 Å². The molecule has 1 aliphatic heterocycles. The molecule has 0 fully saturated rings. The molecule has 0 radical (unpaired) electrons. The van der Waals surface area contributed by atoms with Gasteiger partial charge in [-0.3, -0.25) is 4.79 Å². The van der Waals surface area contributed by atoms with E-state index in [1.807, 2.05) is 55.5 Å². The second kappa shape index (κ2) is 9.87. The van der Waals surface area contributed by atoms with E-state index in [2.05, 4.69) is 10.0 Å². The second-order valence-corrected chi connectivity index (χ2v) is 10.1. The van der Waals surface area contributed by atoms with Crippen LogP contribution in [0.1, 0.15) is 27.8 Å². The van der Waals surface area contributed by atoms with E-state index >= 15 is 0 Å². The topological polar surface area (TPSA) is 93.7 Å². The maximum absolute atomic E-state index is 13.4. The van der Waals surface area contributed by atoms with Crippen LogP contribution in [0.2, 0.25) is 0 Å². The molecular weight excluding hydrogens is 452 g/mol. The molecule has 1 aliphatic rings. The number of sulfonamides is 1. The van der Waals surface area contributed by atoms with Crippen LogP contribution in [-0.4, -0.2) is 27.2 Å². The largest absolute Gasteiger partial charge is 0.454 e. The molecule has 3 aromatic rings. The van der Waals surface area contributed by atoms with Crippen LogP contribution in [0.15, 0.2) is 65.6 Å². The first-order valence-electron chi connectivity index (χ1n) is 11.0. The zero-order valence-electron chi connectivity index (χ0n) is 19.4. The predicted octanol–water partition coefficient (Wildman–Crippen LogP) is 3.55. The average molecular weight is 481 g/mol. The van der Waals surface area contributed by atoms with Crippen molar-refractivity contribution in [3.05, 3.63) is 88.5 Å². The molecule has 0 saturated heterocycles. The van der Waals surface area contributed by atoms with E-state index in [9.17, 15) is 13.2 Å². The van der Waals surface area contributed by atoms with E-state index < -0.39 is 22.0 Å². The van der Waals surface area contributed by atoms with Gasteiger partial charge >= 0.3 is 0 Å². The molecule has 3 aromatic carbocycles. The van der Waals surface area contributed by atoms with Crippen molar-refractivity contribution in [2.75, 3.05) is 6.79 Å². The van der Waals surface area contributed by atoms with Gasteiger partial charge in [-0.15, -0.1) is 0 Å². The molecule has 34 heavy (non-hydrogen) atoms. The highest BCUT2D eigenvalue weighted by molar-refractivity contribution is 7.89. The Kier molecular flexibility index (Phi) is 6.90. The van der Waals surface area contributed by atoms with Crippen LogP contribution in [0, 0.1) is 20.8 Å². The Balaban J connectivity index is 1.55. The number of benzene rings is 3. The number of carbonyl (C=O) groups excluding carboxylic acids is 1. The third-order valence-corrected chi connectivity index (χ3v) is 7.45. The van der Waals surface area contributed by atoms with Crippen molar-refractivity contribution >= 4 is 15.9 Å². The van der Waals surface area contributed by atoms with Gasteiger partial charge in [0.15, 0.2) is 11.5 Å². The lowest BCUT2D eigenvalue weighted by molar-refractivity contribution is -0.122. The third-order valence-electron chi connectivity index (χ3n) is 5.67. The second-order valence-electron chi connectivity index (χ2n) is 8.50. The molecule has 8 heteroatoms. The van der Waals surface area contributed by atoms with Gasteiger partial charge in [-0.2, -0.15) is 4.72 Å². The number of fused-ring (bicyclic) bond motifs is 1. The third kappa shape index (κ3) is 5.40. The summed E-state index contributed by atoms with van der Waals surface area (Å²) in [5.41, 5.74) is 3.94. The lowest BCUT2D eigenvalue weighted by Crippen LogP contribution is -2.48. The SMILES string of the molecule is Cc1cc(C)c(S(=O)(=O)NC(Cc2ccccc2)C(=O)NCc2ccc3c(c2)OCO3)c(C)c1. The molecule has 7 nitrogen and oxygen atoms in total. The Morgan fingerprint density at radius 1 is 0.912 bits per heavy atom. The summed E-state index contributed by atoms with van der Waals surface area (Å²) < 4.78 is 40.1. The van der Waals surface area contributed by atoms with Gasteiger partial charge in [0.05, 0.1) is 4.90 Å². The number of hydrogen-bond acceptors (Lipinski definition) is 5. The lowest BCUT2D eigenvalue weighted by Gasteiger charge is -2.21. The van der Waals surface area contributed by atoms with E-state index in [1.165, 1.54) is 0 Å². The number of aryl methyl sites for hydroxylation is 3. The minimum Gasteiger partial charge on any atom is -0.454 e. The molecule has 0 bridgehead atoms. The van der Waals surface area contributed by atoms with Crippen molar-refractivity contribution in [3.63, 3.8) is 0 Å². The van der Waals surface area contributed by atoms with Gasteiger partial charge in [0.2, 0.25) is 22.7 Å². The average Bonchev–Trinajstić information content (AvgIpc) is 3.24. The number of hydrogen-bond donors (Lipinski definition) is 2. The molecule has 0 saturated carbocycles. The normalized spacial score (nSPS) is 13.5. The Labute approximate surface area is 200 Å². The number of nitrogens with one attached hydrogen (secondary N) is 2. The van der Waals surface area contributed by atoms with Crippen LogP contribution in [0.5, 0.6) is 11.5 Å². The molecule has 0 aromatic heterocycles. The summed E-state index contributed by atoms with van der Waals surface area (Å²) in [5, 5.41) is 2.86. The molecule has 1 amide bonds.